The molecule has 0 saturated carbocycles. The molecule has 0 radical (unpaired) electrons. The second kappa shape index (κ2) is 8.11. The largest absolute Gasteiger partial charge is 0.354 e. The first-order valence-corrected chi connectivity index (χ1v) is 8.18. The highest BCUT2D eigenvalue weighted by Crippen LogP contribution is 2.18. The Morgan fingerprint density at radius 1 is 1.23 bits per heavy atom. The van der Waals surface area contributed by atoms with Crippen LogP contribution in [0.15, 0.2) is 53.0 Å². The molecule has 4 heteroatoms. The Balaban J connectivity index is 1.77. The van der Waals surface area contributed by atoms with Crippen LogP contribution in [0.25, 0.3) is 0 Å². The molecule has 0 aliphatic heterocycles. The zero-order valence-electron chi connectivity index (χ0n) is 12.7. The van der Waals surface area contributed by atoms with E-state index in [2.05, 4.69) is 27.3 Å². The molecule has 0 spiro atoms. The van der Waals surface area contributed by atoms with E-state index in [9.17, 15) is 4.79 Å². The number of amides is 1. The minimum atomic E-state index is -0.167. The fourth-order valence-electron chi connectivity index (χ4n) is 2.25. The van der Waals surface area contributed by atoms with Gasteiger partial charge in [-0.1, -0.05) is 58.4 Å². The van der Waals surface area contributed by atoms with Crippen LogP contribution in [0, 0.1) is 6.92 Å². The number of halogens is 1. The number of benzene rings is 2. The molecule has 116 valence electrons. The van der Waals surface area contributed by atoms with E-state index in [1.807, 2.05) is 49.4 Å². The van der Waals surface area contributed by atoms with Gasteiger partial charge in [0.2, 0.25) is 5.91 Å². The lowest BCUT2D eigenvalue weighted by molar-refractivity contribution is -0.121. The van der Waals surface area contributed by atoms with Gasteiger partial charge in [-0.05, 0) is 36.1 Å². The van der Waals surface area contributed by atoms with Crippen LogP contribution in [-0.4, -0.2) is 12.5 Å². The van der Waals surface area contributed by atoms with Crippen LogP contribution in [-0.2, 0) is 11.2 Å². The Morgan fingerprint density at radius 3 is 2.64 bits per heavy atom. The van der Waals surface area contributed by atoms with E-state index in [-0.39, 0.29) is 11.9 Å². The molecule has 3 N–H and O–H groups in total. The lowest BCUT2D eigenvalue weighted by atomic mass is 10.1. The molecule has 1 amide bonds. The van der Waals surface area contributed by atoms with Crippen molar-refractivity contribution in [1.82, 2.24) is 5.32 Å². The summed E-state index contributed by atoms with van der Waals surface area (Å²) in [7, 11) is 0. The third-order valence-electron chi connectivity index (χ3n) is 3.61. The molecule has 0 aromatic heterocycles. The van der Waals surface area contributed by atoms with Crippen LogP contribution >= 0.6 is 15.9 Å². The number of carbonyl (C=O) groups excluding carboxylic acids is 1. The van der Waals surface area contributed by atoms with Crippen LogP contribution < -0.4 is 11.1 Å². The molecule has 2 aromatic carbocycles. The van der Waals surface area contributed by atoms with E-state index in [1.165, 1.54) is 11.1 Å². The van der Waals surface area contributed by atoms with Crippen molar-refractivity contribution in [3.63, 3.8) is 0 Å². The number of carbonyl (C=O) groups is 1. The molecule has 0 aliphatic carbocycles. The SMILES string of the molecule is Cc1cc(CCC(=O)NCC(N)c2ccccc2)ccc1Br. The van der Waals surface area contributed by atoms with Gasteiger partial charge in [0, 0.05) is 23.5 Å². The van der Waals surface area contributed by atoms with Crippen molar-refractivity contribution in [1.29, 1.82) is 0 Å². The van der Waals surface area contributed by atoms with Crippen molar-refractivity contribution in [3.05, 3.63) is 69.7 Å². The van der Waals surface area contributed by atoms with E-state index in [4.69, 9.17) is 5.73 Å². The highest BCUT2D eigenvalue weighted by molar-refractivity contribution is 9.10. The van der Waals surface area contributed by atoms with Gasteiger partial charge in [-0.3, -0.25) is 4.79 Å². The first-order chi connectivity index (χ1) is 10.6. The van der Waals surface area contributed by atoms with Gasteiger partial charge >= 0.3 is 0 Å². The predicted octanol–water partition coefficient (Wildman–Crippen LogP) is 3.51. The van der Waals surface area contributed by atoms with Gasteiger partial charge in [-0.2, -0.15) is 0 Å². The number of hydrogen-bond acceptors (Lipinski definition) is 2. The highest BCUT2D eigenvalue weighted by atomic mass is 79.9. The topological polar surface area (TPSA) is 55.1 Å². The number of rotatable bonds is 6. The molecule has 2 rings (SSSR count). The van der Waals surface area contributed by atoms with Crippen LogP contribution in [0.4, 0.5) is 0 Å². The lowest BCUT2D eigenvalue weighted by Crippen LogP contribution is -2.32. The number of nitrogens with one attached hydrogen (secondary N) is 1. The predicted molar refractivity (Wildman–Crippen MR) is 93.6 cm³/mol. The normalized spacial score (nSPS) is 12.0. The molecular weight excluding hydrogens is 340 g/mol. The molecule has 3 nitrogen and oxygen atoms in total. The lowest BCUT2D eigenvalue weighted by Gasteiger charge is -2.13. The minimum Gasteiger partial charge on any atom is -0.354 e. The Bertz CT molecular complexity index is 628. The van der Waals surface area contributed by atoms with Crippen molar-refractivity contribution >= 4 is 21.8 Å². The fourth-order valence-corrected chi connectivity index (χ4v) is 2.50. The molecule has 0 bridgehead atoms. The maximum Gasteiger partial charge on any atom is 0.220 e. The first-order valence-electron chi connectivity index (χ1n) is 7.38. The maximum atomic E-state index is 11.9. The van der Waals surface area contributed by atoms with E-state index < -0.39 is 0 Å². The molecule has 0 saturated heterocycles. The third kappa shape index (κ3) is 4.97. The zero-order valence-corrected chi connectivity index (χ0v) is 14.3. The Labute approximate surface area is 140 Å². The second-order valence-corrected chi connectivity index (χ2v) is 6.26. The van der Waals surface area contributed by atoms with Crippen molar-refractivity contribution in [2.24, 2.45) is 5.73 Å². The van der Waals surface area contributed by atoms with Crippen molar-refractivity contribution in [2.45, 2.75) is 25.8 Å². The Kier molecular flexibility index (Phi) is 6.16. The second-order valence-electron chi connectivity index (χ2n) is 5.40. The molecule has 22 heavy (non-hydrogen) atoms. The molecule has 0 fully saturated rings. The summed E-state index contributed by atoms with van der Waals surface area (Å²) in [5, 5.41) is 2.90. The summed E-state index contributed by atoms with van der Waals surface area (Å²) in [5.74, 6) is 0.0342. The van der Waals surface area contributed by atoms with Crippen molar-refractivity contribution < 1.29 is 4.79 Å². The van der Waals surface area contributed by atoms with Gasteiger partial charge in [0.25, 0.3) is 0 Å². The van der Waals surface area contributed by atoms with Crippen LogP contribution in [0.5, 0.6) is 0 Å². The van der Waals surface area contributed by atoms with E-state index >= 15 is 0 Å². The quantitative estimate of drug-likeness (QED) is 0.827. The molecular formula is C18H21BrN2O. The maximum absolute atomic E-state index is 11.9. The van der Waals surface area contributed by atoms with Gasteiger partial charge in [-0.25, -0.2) is 0 Å². The first kappa shape index (κ1) is 16.7. The zero-order chi connectivity index (χ0) is 15.9. The smallest absolute Gasteiger partial charge is 0.220 e. The standard InChI is InChI=1S/C18H21BrN2O/c1-13-11-14(7-9-16(13)19)8-10-18(22)21-12-17(20)15-5-3-2-4-6-15/h2-7,9,11,17H,8,10,12,20H2,1H3,(H,21,22). The summed E-state index contributed by atoms with van der Waals surface area (Å²) in [6, 6.07) is 15.8. The number of aryl methyl sites for hydroxylation is 2. The monoisotopic (exact) mass is 360 g/mol. The van der Waals surface area contributed by atoms with Gasteiger partial charge in [0.15, 0.2) is 0 Å². The average Bonchev–Trinajstić information content (AvgIpc) is 2.54. The number of hydrogen-bond donors (Lipinski definition) is 2. The number of nitrogens with two attached hydrogens (primary N) is 1. The van der Waals surface area contributed by atoms with Gasteiger partial charge in [0.1, 0.15) is 0 Å². The van der Waals surface area contributed by atoms with E-state index in [0.29, 0.717) is 13.0 Å². The minimum absolute atomic E-state index is 0.0342. The van der Waals surface area contributed by atoms with Crippen molar-refractivity contribution in [2.75, 3.05) is 6.54 Å². The Morgan fingerprint density at radius 2 is 1.95 bits per heavy atom. The summed E-state index contributed by atoms with van der Waals surface area (Å²) in [6.07, 6.45) is 1.21. The van der Waals surface area contributed by atoms with Gasteiger partial charge < -0.3 is 11.1 Å². The summed E-state index contributed by atoms with van der Waals surface area (Å²) in [5.41, 5.74) is 9.45. The van der Waals surface area contributed by atoms with Crippen molar-refractivity contribution in [3.8, 4) is 0 Å². The highest BCUT2D eigenvalue weighted by Gasteiger charge is 2.08. The van der Waals surface area contributed by atoms with Gasteiger partial charge in [0.05, 0.1) is 0 Å². The Hall–Kier alpha value is -1.65. The van der Waals surface area contributed by atoms with Crippen LogP contribution in [0.3, 0.4) is 0 Å². The fraction of sp³-hybridized carbons (Fsp3) is 0.278. The molecule has 1 unspecified atom stereocenters. The van der Waals surface area contributed by atoms with Crippen LogP contribution in [0.1, 0.15) is 29.2 Å². The van der Waals surface area contributed by atoms with E-state index in [1.54, 1.807) is 0 Å². The summed E-state index contributed by atoms with van der Waals surface area (Å²) >= 11 is 3.48. The summed E-state index contributed by atoms with van der Waals surface area (Å²) in [4.78, 5) is 11.9. The average molecular weight is 361 g/mol. The summed E-state index contributed by atoms with van der Waals surface area (Å²) in [6.45, 7) is 2.51. The molecule has 1 atom stereocenters. The van der Waals surface area contributed by atoms with E-state index in [0.717, 1.165) is 16.5 Å². The summed E-state index contributed by atoms with van der Waals surface area (Å²) < 4.78 is 1.09. The van der Waals surface area contributed by atoms with Gasteiger partial charge in [-0.15, -0.1) is 0 Å². The molecule has 0 heterocycles. The third-order valence-corrected chi connectivity index (χ3v) is 4.50. The molecule has 0 aliphatic rings. The molecule has 2 aromatic rings. The van der Waals surface area contributed by atoms with Crippen LogP contribution in [0.2, 0.25) is 0 Å².